The number of nitro groups is 1. The summed E-state index contributed by atoms with van der Waals surface area (Å²) in [5.74, 6) is -0.0384. The number of hydrogen-bond acceptors (Lipinski definition) is 4. The topological polar surface area (TPSA) is 72.2 Å². The largest absolute Gasteiger partial charge is 0.352 e. The molecule has 0 unspecified atom stereocenters. The third-order valence-electron chi connectivity index (χ3n) is 4.11. The van der Waals surface area contributed by atoms with Gasteiger partial charge in [-0.05, 0) is 45.5 Å². The lowest BCUT2D eigenvalue weighted by atomic mass is 10.0. The van der Waals surface area contributed by atoms with Crippen molar-refractivity contribution in [2.24, 2.45) is 0 Å². The Balaban J connectivity index is 1.54. The molecule has 3 aromatic rings. The molecular formula is C20H18N2O3S. The lowest BCUT2D eigenvalue weighted by Crippen LogP contribution is -2.23. The van der Waals surface area contributed by atoms with Gasteiger partial charge in [0.2, 0.25) is 5.91 Å². The standard InChI is InChI=1S/C20H18N2O3S/c23-20(10-7-15-5-8-18(9-6-15)22(24)25)21-13-16-3-1-2-4-19(16)17-11-12-26-14-17/h1-6,8-9,11-12,14H,7,10,13H2,(H,21,23). The fourth-order valence-corrected chi connectivity index (χ4v) is 3.35. The molecule has 0 bridgehead atoms. The molecule has 0 spiro atoms. The van der Waals surface area contributed by atoms with E-state index in [4.69, 9.17) is 0 Å². The first-order valence-corrected chi connectivity index (χ1v) is 9.18. The van der Waals surface area contributed by atoms with E-state index in [1.165, 1.54) is 12.1 Å². The number of hydrogen-bond donors (Lipinski definition) is 1. The van der Waals surface area contributed by atoms with Crippen molar-refractivity contribution in [3.05, 3.63) is 86.6 Å². The first-order valence-electron chi connectivity index (χ1n) is 8.24. The van der Waals surface area contributed by atoms with Gasteiger partial charge in [0.1, 0.15) is 0 Å². The second-order valence-electron chi connectivity index (χ2n) is 5.87. The van der Waals surface area contributed by atoms with Gasteiger partial charge in [-0.1, -0.05) is 36.4 Å². The number of nitrogens with zero attached hydrogens (tertiary/aromatic N) is 1. The van der Waals surface area contributed by atoms with Gasteiger partial charge in [-0.3, -0.25) is 14.9 Å². The van der Waals surface area contributed by atoms with Crippen LogP contribution in [0.3, 0.4) is 0 Å². The van der Waals surface area contributed by atoms with E-state index in [1.54, 1.807) is 23.5 Å². The Morgan fingerprint density at radius 3 is 2.54 bits per heavy atom. The van der Waals surface area contributed by atoms with Gasteiger partial charge >= 0.3 is 0 Å². The van der Waals surface area contributed by atoms with Gasteiger partial charge in [0, 0.05) is 25.1 Å². The zero-order valence-electron chi connectivity index (χ0n) is 14.1. The summed E-state index contributed by atoms with van der Waals surface area (Å²) in [6.07, 6.45) is 0.897. The SMILES string of the molecule is O=C(CCc1ccc([N+](=O)[O-])cc1)NCc1ccccc1-c1ccsc1. The lowest BCUT2D eigenvalue weighted by molar-refractivity contribution is -0.384. The average Bonchev–Trinajstić information content (AvgIpc) is 3.20. The Kier molecular flexibility index (Phi) is 5.76. The molecule has 0 aliphatic rings. The van der Waals surface area contributed by atoms with E-state index in [0.717, 1.165) is 22.3 Å². The minimum atomic E-state index is -0.429. The molecule has 0 aliphatic heterocycles. The number of aryl methyl sites for hydroxylation is 1. The summed E-state index contributed by atoms with van der Waals surface area (Å²) >= 11 is 1.65. The van der Waals surface area contributed by atoms with Crippen molar-refractivity contribution < 1.29 is 9.72 Å². The van der Waals surface area contributed by atoms with E-state index >= 15 is 0 Å². The fraction of sp³-hybridized carbons (Fsp3) is 0.150. The molecule has 1 heterocycles. The maximum absolute atomic E-state index is 12.1. The number of amides is 1. The molecule has 1 aromatic heterocycles. The Bertz CT molecular complexity index is 890. The summed E-state index contributed by atoms with van der Waals surface area (Å²) in [5.41, 5.74) is 4.33. The highest BCUT2D eigenvalue weighted by Crippen LogP contribution is 2.25. The van der Waals surface area contributed by atoms with Gasteiger partial charge in [-0.2, -0.15) is 11.3 Å². The zero-order chi connectivity index (χ0) is 18.4. The number of benzene rings is 2. The number of rotatable bonds is 7. The second-order valence-corrected chi connectivity index (χ2v) is 6.65. The highest BCUT2D eigenvalue weighted by atomic mass is 32.1. The van der Waals surface area contributed by atoms with Crippen LogP contribution in [0.4, 0.5) is 5.69 Å². The molecule has 2 aromatic carbocycles. The highest BCUT2D eigenvalue weighted by molar-refractivity contribution is 7.08. The van der Waals surface area contributed by atoms with E-state index in [-0.39, 0.29) is 11.6 Å². The van der Waals surface area contributed by atoms with Crippen molar-refractivity contribution in [2.45, 2.75) is 19.4 Å². The van der Waals surface area contributed by atoms with Crippen molar-refractivity contribution in [2.75, 3.05) is 0 Å². The third-order valence-corrected chi connectivity index (χ3v) is 4.80. The Morgan fingerprint density at radius 2 is 1.85 bits per heavy atom. The van der Waals surface area contributed by atoms with Gasteiger partial charge in [-0.25, -0.2) is 0 Å². The van der Waals surface area contributed by atoms with Crippen molar-refractivity contribution in [1.29, 1.82) is 0 Å². The maximum Gasteiger partial charge on any atom is 0.269 e. The van der Waals surface area contributed by atoms with E-state index in [9.17, 15) is 14.9 Å². The van der Waals surface area contributed by atoms with Gasteiger partial charge in [0.05, 0.1) is 4.92 Å². The predicted octanol–water partition coefficient (Wildman–Crippen LogP) is 4.57. The normalized spacial score (nSPS) is 10.5. The number of thiophene rings is 1. The zero-order valence-corrected chi connectivity index (χ0v) is 14.9. The highest BCUT2D eigenvalue weighted by Gasteiger charge is 2.08. The van der Waals surface area contributed by atoms with Crippen LogP contribution in [0, 0.1) is 10.1 Å². The number of non-ortho nitro benzene ring substituents is 1. The second kappa shape index (κ2) is 8.40. The molecule has 0 aliphatic carbocycles. The molecule has 3 rings (SSSR count). The van der Waals surface area contributed by atoms with Crippen LogP contribution < -0.4 is 5.32 Å². The smallest absolute Gasteiger partial charge is 0.269 e. The molecule has 0 radical (unpaired) electrons. The third kappa shape index (κ3) is 4.55. The van der Waals surface area contributed by atoms with Crippen LogP contribution in [-0.2, 0) is 17.8 Å². The minimum absolute atomic E-state index is 0.0384. The van der Waals surface area contributed by atoms with Crippen LogP contribution in [0.1, 0.15) is 17.5 Å². The molecule has 0 fully saturated rings. The van der Waals surface area contributed by atoms with Crippen molar-refractivity contribution in [3.8, 4) is 11.1 Å². The maximum atomic E-state index is 12.1. The van der Waals surface area contributed by atoms with Crippen LogP contribution in [0.15, 0.2) is 65.4 Å². The summed E-state index contributed by atoms with van der Waals surface area (Å²) in [4.78, 5) is 22.4. The average molecular weight is 366 g/mol. The van der Waals surface area contributed by atoms with Crippen LogP contribution in [0.2, 0.25) is 0 Å². The van der Waals surface area contributed by atoms with Crippen molar-refractivity contribution in [1.82, 2.24) is 5.32 Å². The molecule has 0 atom stereocenters. The summed E-state index contributed by atoms with van der Waals surface area (Å²) < 4.78 is 0. The van der Waals surface area contributed by atoms with Crippen LogP contribution >= 0.6 is 11.3 Å². The molecular weight excluding hydrogens is 348 g/mol. The number of nitrogens with one attached hydrogen (secondary N) is 1. The first-order chi connectivity index (χ1) is 12.6. The minimum Gasteiger partial charge on any atom is -0.352 e. The fourth-order valence-electron chi connectivity index (χ4n) is 2.70. The quantitative estimate of drug-likeness (QED) is 0.492. The molecule has 1 N–H and O–H groups in total. The summed E-state index contributed by atoms with van der Waals surface area (Å²) in [6.45, 7) is 0.477. The van der Waals surface area contributed by atoms with E-state index < -0.39 is 4.92 Å². The Hall–Kier alpha value is -2.99. The molecule has 132 valence electrons. The number of carbonyl (C=O) groups excluding carboxylic acids is 1. The molecule has 5 nitrogen and oxygen atoms in total. The monoisotopic (exact) mass is 366 g/mol. The van der Waals surface area contributed by atoms with Gasteiger partial charge in [-0.15, -0.1) is 0 Å². The molecule has 26 heavy (non-hydrogen) atoms. The Labute approximate surface area is 155 Å². The van der Waals surface area contributed by atoms with E-state index in [0.29, 0.717) is 19.4 Å². The van der Waals surface area contributed by atoms with Gasteiger partial charge < -0.3 is 5.32 Å². The van der Waals surface area contributed by atoms with Crippen LogP contribution in [0.25, 0.3) is 11.1 Å². The van der Waals surface area contributed by atoms with Gasteiger partial charge in [0.15, 0.2) is 0 Å². The van der Waals surface area contributed by atoms with Crippen LogP contribution in [-0.4, -0.2) is 10.8 Å². The van der Waals surface area contributed by atoms with E-state index in [2.05, 4.69) is 22.8 Å². The van der Waals surface area contributed by atoms with Crippen molar-refractivity contribution in [3.63, 3.8) is 0 Å². The molecule has 1 amide bonds. The number of nitro benzene ring substituents is 1. The van der Waals surface area contributed by atoms with Crippen LogP contribution in [0.5, 0.6) is 0 Å². The van der Waals surface area contributed by atoms with Crippen molar-refractivity contribution >= 4 is 22.9 Å². The summed E-state index contributed by atoms with van der Waals surface area (Å²) in [7, 11) is 0. The summed E-state index contributed by atoms with van der Waals surface area (Å²) in [5, 5.41) is 17.7. The lowest BCUT2D eigenvalue weighted by Gasteiger charge is -2.10. The van der Waals surface area contributed by atoms with Gasteiger partial charge in [0.25, 0.3) is 5.69 Å². The number of carbonyl (C=O) groups is 1. The first kappa shape index (κ1) is 17.8. The molecule has 0 saturated heterocycles. The van der Waals surface area contributed by atoms with E-state index in [1.807, 2.05) is 23.6 Å². The Morgan fingerprint density at radius 1 is 1.08 bits per heavy atom. The summed E-state index contributed by atoms with van der Waals surface area (Å²) in [6, 6.07) is 16.4. The molecule has 6 heteroatoms. The predicted molar refractivity (Wildman–Crippen MR) is 103 cm³/mol. The molecule has 0 saturated carbocycles.